The summed E-state index contributed by atoms with van der Waals surface area (Å²) in [4.78, 5) is 10.7. The van der Waals surface area contributed by atoms with E-state index >= 15 is 0 Å². The van der Waals surface area contributed by atoms with Gasteiger partial charge in [0.25, 0.3) is 0 Å². The standard InChI is InChI=1S/C17H24ClN5O.HI/c1-17(2,3)15-21-14(22-24-15)10-20-16(19-4)23(5)11-12-6-8-13(18)9-7-12;/h6-9H,10-11H2,1-5H3,(H,19,20);1H. The summed E-state index contributed by atoms with van der Waals surface area (Å²) in [7, 11) is 3.72. The van der Waals surface area contributed by atoms with Crippen LogP contribution in [0.3, 0.4) is 0 Å². The van der Waals surface area contributed by atoms with E-state index in [1.165, 1.54) is 0 Å². The van der Waals surface area contributed by atoms with Crippen molar-refractivity contribution >= 4 is 41.5 Å². The second-order valence-corrected chi connectivity index (χ2v) is 7.09. The van der Waals surface area contributed by atoms with Crippen molar-refractivity contribution in [2.75, 3.05) is 14.1 Å². The average Bonchev–Trinajstić information content (AvgIpc) is 2.99. The monoisotopic (exact) mass is 477 g/mol. The largest absolute Gasteiger partial charge is 0.349 e. The van der Waals surface area contributed by atoms with E-state index in [1.807, 2.05) is 57.0 Å². The molecule has 1 aromatic heterocycles. The molecule has 2 rings (SSSR count). The molecule has 0 saturated heterocycles. The molecule has 0 amide bonds. The van der Waals surface area contributed by atoms with Gasteiger partial charge in [-0.05, 0) is 17.7 Å². The van der Waals surface area contributed by atoms with Gasteiger partial charge in [0.15, 0.2) is 11.8 Å². The van der Waals surface area contributed by atoms with Crippen LogP contribution < -0.4 is 5.32 Å². The number of aromatic nitrogens is 2. The lowest BCUT2D eigenvalue weighted by Gasteiger charge is -2.21. The topological polar surface area (TPSA) is 66.5 Å². The lowest BCUT2D eigenvalue weighted by Crippen LogP contribution is -2.38. The van der Waals surface area contributed by atoms with E-state index in [-0.39, 0.29) is 29.4 Å². The van der Waals surface area contributed by atoms with Crippen molar-refractivity contribution in [3.05, 3.63) is 46.6 Å². The Balaban J connectivity index is 0.00000312. The number of rotatable bonds is 4. The number of halogens is 2. The molecule has 0 aliphatic rings. The maximum atomic E-state index is 5.92. The van der Waals surface area contributed by atoms with Gasteiger partial charge in [0.05, 0.1) is 6.54 Å². The predicted octanol–water partition coefficient (Wildman–Crippen LogP) is 3.85. The number of aliphatic imine (C=N–C) groups is 1. The minimum Gasteiger partial charge on any atom is -0.349 e. The van der Waals surface area contributed by atoms with Gasteiger partial charge in [-0.25, -0.2) is 0 Å². The summed E-state index contributed by atoms with van der Waals surface area (Å²) in [5.41, 5.74) is 0.998. The van der Waals surface area contributed by atoms with Gasteiger partial charge >= 0.3 is 0 Å². The first-order valence-electron chi connectivity index (χ1n) is 7.79. The highest BCUT2D eigenvalue weighted by atomic mass is 127. The Kier molecular flexibility index (Phi) is 8.14. The third kappa shape index (κ3) is 6.47. The van der Waals surface area contributed by atoms with Crippen molar-refractivity contribution in [2.24, 2.45) is 4.99 Å². The minimum atomic E-state index is -0.154. The van der Waals surface area contributed by atoms with Crippen LogP contribution in [0.25, 0.3) is 0 Å². The highest BCUT2D eigenvalue weighted by Gasteiger charge is 2.21. The predicted molar refractivity (Wildman–Crippen MR) is 112 cm³/mol. The molecule has 1 N–H and O–H groups in total. The summed E-state index contributed by atoms with van der Waals surface area (Å²) in [6, 6.07) is 7.77. The lowest BCUT2D eigenvalue weighted by atomic mass is 9.97. The molecule has 8 heteroatoms. The highest BCUT2D eigenvalue weighted by Crippen LogP contribution is 2.19. The number of nitrogens with zero attached hydrogens (tertiary/aromatic N) is 4. The molecule has 0 aliphatic carbocycles. The Morgan fingerprint density at radius 2 is 1.92 bits per heavy atom. The molecule has 0 radical (unpaired) electrons. The van der Waals surface area contributed by atoms with Crippen LogP contribution in [0.2, 0.25) is 5.02 Å². The van der Waals surface area contributed by atoms with Crippen LogP contribution in [-0.4, -0.2) is 35.1 Å². The number of benzene rings is 1. The smallest absolute Gasteiger partial charge is 0.232 e. The lowest BCUT2D eigenvalue weighted by molar-refractivity contribution is 0.318. The van der Waals surface area contributed by atoms with Gasteiger partial charge in [0, 0.05) is 31.1 Å². The molecular weight excluding hydrogens is 453 g/mol. The van der Waals surface area contributed by atoms with Crippen molar-refractivity contribution in [1.82, 2.24) is 20.4 Å². The van der Waals surface area contributed by atoms with Crippen molar-refractivity contribution in [3.63, 3.8) is 0 Å². The molecule has 1 aromatic carbocycles. The van der Waals surface area contributed by atoms with E-state index in [1.54, 1.807) is 7.05 Å². The fourth-order valence-electron chi connectivity index (χ4n) is 2.11. The molecule has 0 bridgehead atoms. The van der Waals surface area contributed by atoms with Crippen molar-refractivity contribution in [2.45, 2.75) is 39.3 Å². The maximum absolute atomic E-state index is 5.92. The molecule has 0 aliphatic heterocycles. The van der Waals surface area contributed by atoms with Crippen LogP contribution in [0.5, 0.6) is 0 Å². The van der Waals surface area contributed by atoms with Gasteiger partial charge in [0.2, 0.25) is 5.89 Å². The molecule has 1 heterocycles. The van der Waals surface area contributed by atoms with Gasteiger partial charge < -0.3 is 14.7 Å². The van der Waals surface area contributed by atoms with E-state index < -0.39 is 0 Å². The maximum Gasteiger partial charge on any atom is 0.232 e. The first-order chi connectivity index (χ1) is 11.3. The van der Waals surface area contributed by atoms with E-state index in [0.717, 1.165) is 23.1 Å². The Morgan fingerprint density at radius 3 is 2.44 bits per heavy atom. The molecule has 0 atom stereocenters. The number of hydrogen-bond acceptors (Lipinski definition) is 4. The molecule has 0 unspecified atom stereocenters. The average molecular weight is 478 g/mol. The van der Waals surface area contributed by atoms with Crippen molar-refractivity contribution < 1.29 is 4.52 Å². The van der Waals surface area contributed by atoms with Crippen LogP contribution in [0.4, 0.5) is 0 Å². The first-order valence-corrected chi connectivity index (χ1v) is 8.16. The van der Waals surface area contributed by atoms with Gasteiger partial charge in [-0.1, -0.05) is 49.7 Å². The van der Waals surface area contributed by atoms with Gasteiger partial charge in [0.1, 0.15) is 0 Å². The SMILES string of the molecule is CN=C(NCc1noc(C(C)(C)C)n1)N(C)Cc1ccc(Cl)cc1.I. The molecule has 6 nitrogen and oxygen atoms in total. The molecule has 0 saturated carbocycles. The number of guanidine groups is 1. The van der Waals surface area contributed by atoms with Crippen LogP contribution in [-0.2, 0) is 18.5 Å². The Labute approximate surface area is 171 Å². The minimum absolute atomic E-state index is 0. The fourth-order valence-corrected chi connectivity index (χ4v) is 2.24. The van der Waals surface area contributed by atoms with Crippen LogP contribution >= 0.6 is 35.6 Å². The summed E-state index contributed by atoms with van der Waals surface area (Å²) in [5, 5.41) is 7.98. The van der Waals surface area contributed by atoms with Crippen molar-refractivity contribution in [3.8, 4) is 0 Å². The summed E-state index contributed by atoms with van der Waals surface area (Å²) in [5.74, 6) is 2.00. The Morgan fingerprint density at radius 1 is 1.28 bits per heavy atom. The zero-order valence-corrected chi connectivity index (χ0v) is 18.3. The van der Waals surface area contributed by atoms with E-state index in [9.17, 15) is 0 Å². The molecule has 138 valence electrons. The van der Waals surface area contributed by atoms with E-state index in [4.69, 9.17) is 16.1 Å². The third-order valence-corrected chi connectivity index (χ3v) is 3.67. The zero-order valence-electron chi connectivity index (χ0n) is 15.2. The Bertz CT molecular complexity index is 694. The van der Waals surface area contributed by atoms with E-state index in [2.05, 4.69) is 20.4 Å². The number of hydrogen-bond donors (Lipinski definition) is 1. The second-order valence-electron chi connectivity index (χ2n) is 6.65. The summed E-state index contributed by atoms with van der Waals surface area (Å²) in [6.07, 6.45) is 0. The van der Waals surface area contributed by atoms with Gasteiger partial charge in [-0.2, -0.15) is 4.98 Å². The summed E-state index contributed by atoms with van der Waals surface area (Å²) >= 11 is 5.92. The number of nitrogens with one attached hydrogen (secondary N) is 1. The fraction of sp³-hybridized carbons (Fsp3) is 0.471. The van der Waals surface area contributed by atoms with E-state index in [0.29, 0.717) is 18.3 Å². The third-order valence-electron chi connectivity index (χ3n) is 3.42. The van der Waals surface area contributed by atoms with Crippen LogP contribution in [0, 0.1) is 0 Å². The van der Waals surface area contributed by atoms with Gasteiger partial charge in [-0.3, -0.25) is 4.99 Å². The molecule has 0 fully saturated rings. The van der Waals surface area contributed by atoms with Crippen molar-refractivity contribution in [1.29, 1.82) is 0 Å². The first kappa shape index (κ1) is 21.7. The van der Waals surface area contributed by atoms with Crippen LogP contribution in [0.1, 0.15) is 38.0 Å². The quantitative estimate of drug-likeness (QED) is 0.412. The zero-order chi connectivity index (χ0) is 17.7. The molecule has 2 aromatic rings. The molecule has 25 heavy (non-hydrogen) atoms. The van der Waals surface area contributed by atoms with Gasteiger partial charge in [-0.15, -0.1) is 24.0 Å². The normalized spacial score (nSPS) is 11.8. The Hall–Kier alpha value is -1.35. The summed E-state index contributed by atoms with van der Waals surface area (Å²) < 4.78 is 5.30. The molecular formula is C17H25ClIN5O. The molecule has 0 spiro atoms. The highest BCUT2D eigenvalue weighted by molar-refractivity contribution is 14.0. The van der Waals surface area contributed by atoms with Crippen LogP contribution in [0.15, 0.2) is 33.8 Å². The summed E-state index contributed by atoms with van der Waals surface area (Å²) in [6.45, 7) is 7.29. The second kappa shape index (κ2) is 9.38.